The first-order chi connectivity index (χ1) is 11.4. The maximum absolute atomic E-state index is 12.6. The number of carbonyl (C=O) groups is 2. The molecule has 0 unspecified atom stereocenters. The largest absolute Gasteiger partial charge is 0.368 e. The first-order valence-corrected chi connectivity index (χ1v) is 8.20. The van der Waals surface area contributed by atoms with E-state index in [2.05, 4.69) is 21.3 Å². The van der Waals surface area contributed by atoms with Crippen LogP contribution in [0.2, 0.25) is 0 Å². The Kier molecular flexibility index (Phi) is 6.16. The van der Waals surface area contributed by atoms with Crippen LogP contribution >= 0.6 is 0 Å². The summed E-state index contributed by atoms with van der Waals surface area (Å²) < 4.78 is 5.51. The number of urea groups is 1. The molecule has 1 aromatic carbocycles. The number of amides is 3. The maximum Gasteiger partial charge on any atom is 0.319 e. The van der Waals surface area contributed by atoms with Crippen LogP contribution in [0.5, 0.6) is 0 Å². The van der Waals surface area contributed by atoms with Crippen LogP contribution in [0.15, 0.2) is 24.3 Å². The molecule has 1 saturated heterocycles. The van der Waals surface area contributed by atoms with Gasteiger partial charge in [-0.25, -0.2) is 4.79 Å². The molecule has 0 bridgehead atoms. The van der Waals surface area contributed by atoms with E-state index < -0.39 is 5.60 Å². The fraction of sp³-hybridized carbons (Fsp3) is 0.529. The molecule has 0 spiro atoms. The van der Waals surface area contributed by atoms with E-state index in [0.717, 1.165) is 13.1 Å². The molecule has 0 radical (unpaired) electrons. The summed E-state index contributed by atoms with van der Waals surface area (Å²) >= 11 is 0. The van der Waals surface area contributed by atoms with Crippen LogP contribution < -0.4 is 21.3 Å². The minimum absolute atomic E-state index is 0.0683. The number of piperidine rings is 1. The van der Waals surface area contributed by atoms with Gasteiger partial charge in [0.1, 0.15) is 5.60 Å². The monoisotopic (exact) mass is 334 g/mol. The minimum atomic E-state index is -0.778. The molecular formula is C17H26N4O3. The van der Waals surface area contributed by atoms with Crippen molar-refractivity contribution in [3.05, 3.63) is 24.3 Å². The molecule has 1 aliphatic rings. The zero-order chi connectivity index (χ0) is 17.6. The van der Waals surface area contributed by atoms with E-state index in [1.165, 1.54) is 0 Å². The molecule has 7 nitrogen and oxygen atoms in total. The van der Waals surface area contributed by atoms with Crippen molar-refractivity contribution in [1.29, 1.82) is 0 Å². The van der Waals surface area contributed by atoms with Gasteiger partial charge in [0.2, 0.25) is 0 Å². The summed E-state index contributed by atoms with van der Waals surface area (Å²) in [5, 5.41) is 11.6. The van der Waals surface area contributed by atoms with Gasteiger partial charge in [0.25, 0.3) is 5.91 Å². The number of benzene rings is 1. The molecule has 24 heavy (non-hydrogen) atoms. The van der Waals surface area contributed by atoms with Gasteiger partial charge in [0.05, 0.1) is 0 Å². The molecule has 0 atom stereocenters. The van der Waals surface area contributed by atoms with Crippen molar-refractivity contribution in [2.45, 2.75) is 38.3 Å². The lowest BCUT2D eigenvalue weighted by Crippen LogP contribution is -2.51. The van der Waals surface area contributed by atoms with Crippen LogP contribution in [0.25, 0.3) is 0 Å². The van der Waals surface area contributed by atoms with Crippen molar-refractivity contribution in [2.75, 3.05) is 30.8 Å². The number of hydrogen-bond acceptors (Lipinski definition) is 4. The summed E-state index contributed by atoms with van der Waals surface area (Å²) in [4.78, 5) is 24.2. The molecule has 1 heterocycles. The van der Waals surface area contributed by atoms with Crippen LogP contribution in [0.1, 0.15) is 26.7 Å². The van der Waals surface area contributed by atoms with Crippen molar-refractivity contribution in [3.8, 4) is 0 Å². The summed E-state index contributed by atoms with van der Waals surface area (Å²) in [5.41, 5.74) is 0.554. The number of carbonyl (C=O) groups excluding carboxylic acids is 2. The van der Waals surface area contributed by atoms with E-state index in [1.54, 1.807) is 31.4 Å². The van der Waals surface area contributed by atoms with E-state index >= 15 is 0 Å². The maximum atomic E-state index is 12.6. The van der Waals surface area contributed by atoms with Crippen molar-refractivity contribution in [1.82, 2.24) is 10.6 Å². The van der Waals surface area contributed by atoms with Gasteiger partial charge >= 0.3 is 6.03 Å². The lowest BCUT2D eigenvalue weighted by Gasteiger charge is -2.34. The molecule has 132 valence electrons. The lowest BCUT2D eigenvalue weighted by molar-refractivity contribution is -0.140. The highest BCUT2D eigenvalue weighted by Gasteiger charge is 2.39. The summed E-state index contributed by atoms with van der Waals surface area (Å²) in [6.07, 6.45) is 1.29. The third-order valence-corrected chi connectivity index (χ3v) is 4.04. The van der Waals surface area contributed by atoms with E-state index in [9.17, 15) is 9.59 Å². The first kappa shape index (κ1) is 18.2. The third kappa shape index (κ3) is 4.69. The van der Waals surface area contributed by atoms with E-state index in [0.29, 0.717) is 24.2 Å². The zero-order valence-corrected chi connectivity index (χ0v) is 14.4. The number of methoxy groups -OCH3 is 1. The molecule has 3 amide bonds. The summed E-state index contributed by atoms with van der Waals surface area (Å²) in [5.74, 6) is -0.134. The minimum Gasteiger partial charge on any atom is -0.368 e. The highest BCUT2D eigenvalue weighted by molar-refractivity contribution is 5.98. The summed E-state index contributed by atoms with van der Waals surface area (Å²) in [6.45, 7) is 5.30. The number of nitrogens with one attached hydrogen (secondary N) is 4. The van der Waals surface area contributed by atoms with Crippen LogP contribution in [-0.2, 0) is 9.53 Å². The SMILES string of the molecule is COC1(C(=O)Nc2ccc(NC(=O)NC(C)C)cc2)CCNCC1. The number of hydrogen-bond donors (Lipinski definition) is 4. The van der Waals surface area contributed by atoms with Gasteiger partial charge in [-0.05, 0) is 64.0 Å². The van der Waals surface area contributed by atoms with Crippen LogP contribution in [0, 0.1) is 0 Å². The topological polar surface area (TPSA) is 91.5 Å². The Labute approximate surface area is 142 Å². The van der Waals surface area contributed by atoms with Crippen molar-refractivity contribution in [2.24, 2.45) is 0 Å². The standard InChI is InChI=1S/C17H26N4O3/c1-12(2)19-16(23)21-14-6-4-13(5-7-14)20-15(22)17(24-3)8-10-18-11-9-17/h4-7,12,18H,8-11H2,1-3H3,(H,20,22)(H2,19,21,23). The molecule has 1 fully saturated rings. The quantitative estimate of drug-likeness (QED) is 0.662. The van der Waals surface area contributed by atoms with Crippen molar-refractivity contribution < 1.29 is 14.3 Å². The van der Waals surface area contributed by atoms with Gasteiger partial charge in [-0.3, -0.25) is 4.79 Å². The molecule has 0 aliphatic carbocycles. The Hall–Kier alpha value is -2.12. The molecule has 1 aromatic rings. The molecule has 0 aromatic heterocycles. The van der Waals surface area contributed by atoms with Gasteiger partial charge in [-0.1, -0.05) is 0 Å². The molecule has 0 saturated carbocycles. The van der Waals surface area contributed by atoms with Gasteiger partial charge in [-0.15, -0.1) is 0 Å². The Morgan fingerprint density at radius 2 is 1.62 bits per heavy atom. The van der Waals surface area contributed by atoms with Crippen molar-refractivity contribution in [3.63, 3.8) is 0 Å². The molecule has 2 rings (SSSR count). The Bertz CT molecular complexity index is 566. The fourth-order valence-corrected chi connectivity index (χ4v) is 2.67. The second kappa shape index (κ2) is 8.12. The average molecular weight is 334 g/mol. The van der Waals surface area contributed by atoms with Crippen LogP contribution in [-0.4, -0.2) is 43.8 Å². The van der Waals surface area contributed by atoms with Gasteiger partial charge in [0, 0.05) is 24.5 Å². The van der Waals surface area contributed by atoms with E-state index in [1.807, 2.05) is 13.8 Å². The molecular weight excluding hydrogens is 308 g/mol. The normalized spacial score (nSPS) is 16.5. The average Bonchev–Trinajstić information content (AvgIpc) is 2.56. The van der Waals surface area contributed by atoms with Crippen LogP contribution in [0.4, 0.5) is 16.2 Å². The van der Waals surface area contributed by atoms with Crippen molar-refractivity contribution >= 4 is 23.3 Å². The molecule has 1 aliphatic heterocycles. The Morgan fingerprint density at radius 3 is 2.12 bits per heavy atom. The second-order valence-electron chi connectivity index (χ2n) is 6.23. The number of anilines is 2. The fourth-order valence-electron chi connectivity index (χ4n) is 2.67. The van der Waals surface area contributed by atoms with E-state index in [-0.39, 0.29) is 18.0 Å². The predicted molar refractivity (Wildman–Crippen MR) is 94.2 cm³/mol. The Balaban J connectivity index is 1.95. The smallest absolute Gasteiger partial charge is 0.319 e. The van der Waals surface area contributed by atoms with Crippen LogP contribution in [0.3, 0.4) is 0 Å². The van der Waals surface area contributed by atoms with Gasteiger partial charge < -0.3 is 26.0 Å². The molecule has 4 N–H and O–H groups in total. The lowest BCUT2D eigenvalue weighted by atomic mass is 9.91. The van der Waals surface area contributed by atoms with E-state index in [4.69, 9.17) is 4.74 Å². The predicted octanol–water partition coefficient (Wildman–Crippen LogP) is 1.92. The Morgan fingerprint density at radius 1 is 1.08 bits per heavy atom. The molecule has 7 heteroatoms. The number of rotatable bonds is 5. The zero-order valence-electron chi connectivity index (χ0n) is 14.4. The highest BCUT2D eigenvalue weighted by atomic mass is 16.5. The highest BCUT2D eigenvalue weighted by Crippen LogP contribution is 2.25. The number of ether oxygens (including phenoxy) is 1. The first-order valence-electron chi connectivity index (χ1n) is 8.20. The van der Waals surface area contributed by atoms with Gasteiger partial charge in [0.15, 0.2) is 0 Å². The third-order valence-electron chi connectivity index (χ3n) is 4.04. The second-order valence-corrected chi connectivity index (χ2v) is 6.23. The summed E-state index contributed by atoms with van der Waals surface area (Å²) in [6, 6.07) is 6.82. The van der Waals surface area contributed by atoms with Gasteiger partial charge in [-0.2, -0.15) is 0 Å². The summed E-state index contributed by atoms with van der Waals surface area (Å²) in [7, 11) is 1.57.